The number of carbonyl (C=O) groups excluding carboxylic acids is 1. The molecule has 24 heavy (non-hydrogen) atoms. The Bertz CT molecular complexity index is 651. The smallest absolute Gasteiger partial charge is 0.322 e. The fourth-order valence-electron chi connectivity index (χ4n) is 3.20. The average molecular weight is 335 g/mol. The predicted molar refractivity (Wildman–Crippen MR) is 88.2 cm³/mol. The van der Waals surface area contributed by atoms with Crippen molar-refractivity contribution in [2.24, 2.45) is 11.8 Å². The molecule has 1 aliphatic heterocycles. The van der Waals surface area contributed by atoms with Crippen LogP contribution >= 0.6 is 0 Å². The molecule has 1 heterocycles. The van der Waals surface area contributed by atoms with Gasteiger partial charge in [-0.1, -0.05) is 13.8 Å². The summed E-state index contributed by atoms with van der Waals surface area (Å²) in [5.74, 6) is -0.947. The van der Waals surface area contributed by atoms with E-state index in [2.05, 4.69) is 19.2 Å². The number of carbonyl (C=O) groups is 2. The van der Waals surface area contributed by atoms with Crippen LogP contribution in [0.15, 0.2) is 18.2 Å². The molecule has 2 N–H and O–H groups in total. The van der Waals surface area contributed by atoms with E-state index < -0.39 is 23.3 Å². The molecule has 130 valence electrons. The first kappa shape index (κ1) is 17.7. The zero-order chi connectivity index (χ0) is 17.9. The Morgan fingerprint density at radius 3 is 2.50 bits per heavy atom. The van der Waals surface area contributed by atoms with E-state index in [0.717, 1.165) is 19.5 Å². The van der Waals surface area contributed by atoms with Crippen LogP contribution in [0.4, 0.5) is 11.4 Å². The van der Waals surface area contributed by atoms with E-state index in [0.29, 0.717) is 17.5 Å². The van der Waals surface area contributed by atoms with Crippen LogP contribution in [0.3, 0.4) is 0 Å². The number of nitrogens with zero attached hydrogens (tertiary/aromatic N) is 2. The second-order valence-corrected chi connectivity index (χ2v) is 6.39. The summed E-state index contributed by atoms with van der Waals surface area (Å²) in [6.45, 7) is 5.16. The molecule has 1 amide bonds. The van der Waals surface area contributed by atoms with Gasteiger partial charge in [-0.2, -0.15) is 0 Å². The number of hydrogen-bond donors (Lipinski definition) is 2. The number of rotatable bonds is 5. The van der Waals surface area contributed by atoms with E-state index in [9.17, 15) is 19.7 Å². The van der Waals surface area contributed by atoms with Crippen LogP contribution in [0.2, 0.25) is 0 Å². The van der Waals surface area contributed by atoms with Gasteiger partial charge in [-0.05, 0) is 30.4 Å². The molecule has 8 heteroatoms. The number of amides is 1. The van der Waals surface area contributed by atoms with Crippen LogP contribution in [0.1, 0.15) is 30.6 Å². The van der Waals surface area contributed by atoms with Crippen LogP contribution in [0.5, 0.6) is 0 Å². The van der Waals surface area contributed by atoms with E-state index in [1.54, 1.807) is 6.07 Å². The molecule has 0 aromatic heterocycles. The first-order valence-electron chi connectivity index (χ1n) is 7.81. The van der Waals surface area contributed by atoms with Crippen LogP contribution in [-0.4, -0.2) is 41.5 Å². The number of anilines is 1. The lowest BCUT2D eigenvalue weighted by atomic mass is 9.91. The number of benzene rings is 1. The fourth-order valence-corrected chi connectivity index (χ4v) is 3.20. The summed E-state index contributed by atoms with van der Waals surface area (Å²) in [5, 5.41) is 22.2. The van der Waals surface area contributed by atoms with Crippen molar-refractivity contribution in [2.75, 3.05) is 24.5 Å². The normalized spacial score (nSPS) is 20.5. The summed E-state index contributed by atoms with van der Waals surface area (Å²) in [7, 11) is 0. The summed E-state index contributed by atoms with van der Waals surface area (Å²) < 4.78 is 0. The van der Waals surface area contributed by atoms with Gasteiger partial charge in [0.1, 0.15) is 12.2 Å². The fraction of sp³-hybridized carbons (Fsp3) is 0.500. The standard InChI is InChI=1S/C16H21N3O5/c1-10-5-11(2)9-18(8-10)13-4-3-12(6-14(13)19(23)24)16(22)17-7-15(20)21/h3-4,6,10-11H,5,7-9H2,1-2H3,(H,17,22)(H,20,21). The molecule has 1 aromatic carbocycles. The van der Waals surface area contributed by atoms with E-state index >= 15 is 0 Å². The van der Waals surface area contributed by atoms with Gasteiger partial charge in [-0.15, -0.1) is 0 Å². The highest BCUT2D eigenvalue weighted by Gasteiger charge is 2.27. The van der Waals surface area contributed by atoms with Crippen LogP contribution in [-0.2, 0) is 4.79 Å². The molecule has 1 aliphatic rings. The van der Waals surface area contributed by atoms with Gasteiger partial charge in [0.2, 0.25) is 0 Å². The number of hydrogen-bond acceptors (Lipinski definition) is 5. The molecule has 1 fully saturated rings. The summed E-state index contributed by atoms with van der Waals surface area (Å²) in [5.41, 5.74) is 0.428. The molecule has 0 spiro atoms. The molecule has 2 atom stereocenters. The molecule has 0 saturated carbocycles. The maximum atomic E-state index is 11.9. The van der Waals surface area contributed by atoms with Crippen molar-refractivity contribution in [2.45, 2.75) is 20.3 Å². The van der Waals surface area contributed by atoms with Crippen molar-refractivity contribution in [3.8, 4) is 0 Å². The van der Waals surface area contributed by atoms with Crippen molar-refractivity contribution in [3.63, 3.8) is 0 Å². The minimum Gasteiger partial charge on any atom is -0.480 e. The second kappa shape index (κ2) is 7.29. The Balaban J connectivity index is 2.28. The minimum atomic E-state index is -1.18. The zero-order valence-corrected chi connectivity index (χ0v) is 13.7. The second-order valence-electron chi connectivity index (χ2n) is 6.39. The summed E-state index contributed by atoms with van der Waals surface area (Å²) >= 11 is 0. The molecule has 2 unspecified atom stereocenters. The summed E-state index contributed by atoms with van der Waals surface area (Å²) in [6, 6.07) is 4.26. The largest absolute Gasteiger partial charge is 0.480 e. The molecule has 8 nitrogen and oxygen atoms in total. The highest BCUT2D eigenvalue weighted by molar-refractivity contribution is 5.97. The number of carboxylic acid groups (broad SMARTS) is 1. The molecular formula is C16H21N3O5. The van der Waals surface area contributed by atoms with Gasteiger partial charge in [0.15, 0.2) is 0 Å². The number of piperidine rings is 1. The lowest BCUT2D eigenvalue weighted by molar-refractivity contribution is -0.384. The van der Waals surface area contributed by atoms with Crippen molar-refractivity contribution in [3.05, 3.63) is 33.9 Å². The van der Waals surface area contributed by atoms with Crippen molar-refractivity contribution in [1.82, 2.24) is 5.32 Å². The van der Waals surface area contributed by atoms with Gasteiger partial charge >= 0.3 is 5.97 Å². The number of carboxylic acids is 1. The molecular weight excluding hydrogens is 314 g/mol. The van der Waals surface area contributed by atoms with E-state index in [1.165, 1.54) is 12.1 Å². The summed E-state index contributed by atoms with van der Waals surface area (Å²) in [6.07, 6.45) is 1.08. The predicted octanol–water partition coefficient (Wildman–Crippen LogP) is 1.89. The van der Waals surface area contributed by atoms with Gasteiger partial charge in [0.25, 0.3) is 11.6 Å². The monoisotopic (exact) mass is 335 g/mol. The minimum absolute atomic E-state index is 0.0739. The Kier molecular flexibility index (Phi) is 5.38. The Morgan fingerprint density at radius 1 is 1.33 bits per heavy atom. The molecule has 1 saturated heterocycles. The van der Waals surface area contributed by atoms with E-state index in [1.807, 2.05) is 4.90 Å². The molecule has 2 rings (SSSR count). The third kappa shape index (κ3) is 4.21. The van der Waals surface area contributed by atoms with Crippen molar-refractivity contribution < 1.29 is 19.6 Å². The highest BCUT2D eigenvalue weighted by Crippen LogP contribution is 2.33. The van der Waals surface area contributed by atoms with E-state index in [-0.39, 0.29) is 11.3 Å². The first-order chi connectivity index (χ1) is 11.3. The molecule has 1 aromatic rings. The SMILES string of the molecule is CC1CC(C)CN(c2ccc(C(=O)NCC(=O)O)cc2[N+](=O)[O-])C1. The number of nitrogens with one attached hydrogen (secondary N) is 1. The number of aliphatic carboxylic acids is 1. The van der Waals surface area contributed by atoms with Gasteiger partial charge in [-0.25, -0.2) is 0 Å². The Morgan fingerprint density at radius 2 is 1.96 bits per heavy atom. The van der Waals surface area contributed by atoms with Crippen molar-refractivity contribution >= 4 is 23.3 Å². The third-order valence-corrected chi connectivity index (χ3v) is 4.04. The van der Waals surface area contributed by atoms with E-state index in [4.69, 9.17) is 5.11 Å². The lowest BCUT2D eigenvalue weighted by Gasteiger charge is -2.36. The number of nitro groups is 1. The van der Waals surface area contributed by atoms with Gasteiger partial charge in [0, 0.05) is 24.7 Å². The van der Waals surface area contributed by atoms with Crippen LogP contribution in [0, 0.1) is 22.0 Å². The molecule has 0 radical (unpaired) electrons. The van der Waals surface area contributed by atoms with Crippen LogP contribution in [0.25, 0.3) is 0 Å². The third-order valence-electron chi connectivity index (χ3n) is 4.04. The Hall–Kier alpha value is -2.64. The van der Waals surface area contributed by atoms with Crippen LogP contribution < -0.4 is 10.2 Å². The zero-order valence-electron chi connectivity index (χ0n) is 13.7. The molecule has 0 bridgehead atoms. The maximum Gasteiger partial charge on any atom is 0.322 e. The summed E-state index contributed by atoms with van der Waals surface area (Å²) in [4.78, 5) is 35.3. The van der Waals surface area contributed by atoms with Gasteiger partial charge in [0.05, 0.1) is 4.92 Å². The quantitative estimate of drug-likeness (QED) is 0.627. The topological polar surface area (TPSA) is 113 Å². The first-order valence-corrected chi connectivity index (χ1v) is 7.81. The maximum absolute atomic E-state index is 11.9. The molecule has 0 aliphatic carbocycles. The number of nitro benzene ring substituents is 1. The Labute approximate surface area is 139 Å². The highest BCUT2D eigenvalue weighted by atomic mass is 16.6. The average Bonchev–Trinajstić information content (AvgIpc) is 2.50. The lowest BCUT2D eigenvalue weighted by Crippen LogP contribution is -2.39. The van der Waals surface area contributed by atoms with Crippen molar-refractivity contribution in [1.29, 1.82) is 0 Å². The van der Waals surface area contributed by atoms with Gasteiger partial charge < -0.3 is 15.3 Å². The van der Waals surface area contributed by atoms with Gasteiger partial charge in [-0.3, -0.25) is 19.7 Å².